The predicted molar refractivity (Wildman–Crippen MR) is 135 cm³/mol. The van der Waals surface area contributed by atoms with Gasteiger partial charge in [-0.1, -0.05) is 24.3 Å². The van der Waals surface area contributed by atoms with Crippen LogP contribution in [0.2, 0.25) is 0 Å². The molecule has 1 unspecified atom stereocenters. The van der Waals surface area contributed by atoms with Crippen LogP contribution in [-0.4, -0.2) is 30.7 Å². The van der Waals surface area contributed by atoms with E-state index in [-0.39, 0.29) is 0 Å². The number of thioether (sulfide) groups is 1. The molecule has 0 saturated heterocycles. The van der Waals surface area contributed by atoms with Crippen LogP contribution >= 0.6 is 11.8 Å². The van der Waals surface area contributed by atoms with Crippen LogP contribution in [0.4, 0.5) is 5.69 Å². The molecule has 3 aromatic carbocycles. The fraction of sp³-hybridized carbons (Fsp3) is 0.259. The molecule has 0 spiro atoms. The third-order valence-electron chi connectivity index (χ3n) is 6.17. The quantitative estimate of drug-likeness (QED) is 0.356. The Labute approximate surface area is 198 Å². The summed E-state index contributed by atoms with van der Waals surface area (Å²) < 4.78 is 11.0. The summed E-state index contributed by atoms with van der Waals surface area (Å²) in [6.45, 7) is 3.83. The van der Waals surface area contributed by atoms with Crippen molar-refractivity contribution in [1.29, 1.82) is 0 Å². The molecule has 0 N–H and O–H groups in total. The zero-order valence-corrected chi connectivity index (χ0v) is 19.9. The summed E-state index contributed by atoms with van der Waals surface area (Å²) in [5.74, 6) is 1.81. The van der Waals surface area contributed by atoms with Crippen LogP contribution in [0.3, 0.4) is 0 Å². The Balaban J connectivity index is 1.51. The predicted octanol–water partition coefficient (Wildman–Crippen LogP) is 6.20. The summed E-state index contributed by atoms with van der Waals surface area (Å²) in [5, 5.41) is 0.345. The first-order valence-electron chi connectivity index (χ1n) is 11.1. The highest BCUT2D eigenvalue weighted by Crippen LogP contribution is 2.47. The standard InChI is InChI=1S/C27H27N3O2S/c1-18-15-19(7-10-24(18)32-3)25-11-14-30(23-9-8-21(31-2)16-26(23)33-25)17-20-5-4-6-22-27(20)29-13-12-28-22/h4-10,12-13,15-16,25H,11,14,17H2,1-3H3. The molecule has 0 aliphatic carbocycles. The molecule has 0 bridgehead atoms. The molecular formula is C27H27N3O2S. The largest absolute Gasteiger partial charge is 0.497 e. The van der Waals surface area contributed by atoms with Crippen LogP contribution in [0.15, 0.2) is 71.9 Å². The van der Waals surface area contributed by atoms with E-state index in [2.05, 4.69) is 64.3 Å². The number of benzene rings is 3. The molecule has 1 atom stereocenters. The highest BCUT2D eigenvalue weighted by atomic mass is 32.2. The van der Waals surface area contributed by atoms with Gasteiger partial charge in [-0.15, -0.1) is 11.8 Å². The highest BCUT2D eigenvalue weighted by molar-refractivity contribution is 7.99. The van der Waals surface area contributed by atoms with Gasteiger partial charge >= 0.3 is 0 Å². The van der Waals surface area contributed by atoms with Crippen molar-refractivity contribution in [3.8, 4) is 11.5 Å². The lowest BCUT2D eigenvalue weighted by molar-refractivity contribution is 0.411. The van der Waals surface area contributed by atoms with E-state index in [4.69, 9.17) is 9.47 Å². The first-order chi connectivity index (χ1) is 16.2. The number of fused-ring (bicyclic) bond motifs is 2. The maximum absolute atomic E-state index is 5.56. The summed E-state index contributed by atoms with van der Waals surface area (Å²) in [6.07, 6.45) is 4.55. The average Bonchev–Trinajstić information content (AvgIpc) is 3.03. The molecule has 33 heavy (non-hydrogen) atoms. The molecular weight excluding hydrogens is 430 g/mol. The number of para-hydroxylation sites is 1. The van der Waals surface area contributed by atoms with Gasteiger partial charge in [0.25, 0.3) is 0 Å². The third kappa shape index (κ3) is 4.35. The number of anilines is 1. The van der Waals surface area contributed by atoms with Gasteiger partial charge in [-0.2, -0.15) is 0 Å². The minimum absolute atomic E-state index is 0.345. The second kappa shape index (κ2) is 9.32. The SMILES string of the molecule is COc1ccc2c(c1)SC(c1ccc(OC)c(C)c1)CCN2Cc1cccc2nccnc12. The third-order valence-corrected chi connectivity index (χ3v) is 7.55. The first-order valence-corrected chi connectivity index (χ1v) is 12.0. The van der Waals surface area contributed by atoms with E-state index in [0.29, 0.717) is 5.25 Å². The van der Waals surface area contributed by atoms with Crippen LogP contribution in [-0.2, 0) is 6.54 Å². The van der Waals surface area contributed by atoms with Gasteiger partial charge in [0.15, 0.2) is 0 Å². The number of rotatable bonds is 5. The Morgan fingerprint density at radius 3 is 2.70 bits per heavy atom. The summed E-state index contributed by atoms with van der Waals surface area (Å²) in [7, 11) is 3.44. The van der Waals surface area contributed by atoms with Crippen molar-refractivity contribution < 1.29 is 9.47 Å². The first kappa shape index (κ1) is 21.6. The number of hydrogen-bond donors (Lipinski definition) is 0. The van der Waals surface area contributed by atoms with Crippen LogP contribution in [0, 0.1) is 6.92 Å². The van der Waals surface area contributed by atoms with Crippen LogP contribution in [0.25, 0.3) is 11.0 Å². The Kier molecular flexibility index (Phi) is 6.09. The van der Waals surface area contributed by atoms with E-state index in [1.165, 1.54) is 21.7 Å². The van der Waals surface area contributed by atoms with Gasteiger partial charge in [0, 0.05) is 35.6 Å². The van der Waals surface area contributed by atoms with Gasteiger partial charge in [0.2, 0.25) is 0 Å². The van der Waals surface area contributed by atoms with E-state index >= 15 is 0 Å². The van der Waals surface area contributed by atoms with E-state index < -0.39 is 0 Å². The van der Waals surface area contributed by atoms with Crippen molar-refractivity contribution in [2.24, 2.45) is 0 Å². The van der Waals surface area contributed by atoms with Gasteiger partial charge < -0.3 is 14.4 Å². The number of methoxy groups -OCH3 is 2. The molecule has 0 radical (unpaired) electrons. The summed E-state index contributed by atoms with van der Waals surface area (Å²) in [5.41, 5.74) is 6.80. The normalized spacial score (nSPS) is 15.7. The monoisotopic (exact) mass is 457 g/mol. The molecule has 0 amide bonds. The van der Waals surface area contributed by atoms with Crippen molar-refractivity contribution in [3.63, 3.8) is 0 Å². The van der Waals surface area contributed by atoms with Crippen molar-refractivity contribution in [1.82, 2.24) is 9.97 Å². The van der Waals surface area contributed by atoms with Gasteiger partial charge in [0.05, 0.1) is 30.9 Å². The number of aromatic nitrogens is 2. The zero-order chi connectivity index (χ0) is 22.8. The van der Waals surface area contributed by atoms with Gasteiger partial charge in [-0.25, -0.2) is 0 Å². The molecule has 0 saturated carbocycles. The Hall–Kier alpha value is -3.25. The molecule has 2 heterocycles. The maximum atomic E-state index is 5.56. The number of nitrogens with zero attached hydrogens (tertiary/aromatic N) is 3. The van der Waals surface area contributed by atoms with E-state index in [1.54, 1.807) is 26.6 Å². The van der Waals surface area contributed by atoms with Crippen LogP contribution < -0.4 is 14.4 Å². The number of ether oxygens (including phenoxy) is 2. The van der Waals surface area contributed by atoms with Crippen molar-refractivity contribution in [3.05, 3.63) is 83.7 Å². The lowest BCUT2D eigenvalue weighted by Crippen LogP contribution is -2.24. The van der Waals surface area contributed by atoms with E-state index in [9.17, 15) is 0 Å². The van der Waals surface area contributed by atoms with Crippen molar-refractivity contribution in [2.45, 2.75) is 30.0 Å². The molecule has 5 rings (SSSR count). The second-order valence-corrected chi connectivity index (χ2v) is 9.47. The lowest BCUT2D eigenvalue weighted by atomic mass is 10.0. The summed E-state index contributed by atoms with van der Waals surface area (Å²) in [6, 6.07) is 19.2. The van der Waals surface area contributed by atoms with Crippen molar-refractivity contribution >= 4 is 28.5 Å². The minimum Gasteiger partial charge on any atom is -0.497 e. The molecule has 6 heteroatoms. The van der Waals surface area contributed by atoms with Crippen LogP contribution in [0.5, 0.6) is 11.5 Å². The van der Waals surface area contributed by atoms with E-state index in [0.717, 1.165) is 47.6 Å². The Morgan fingerprint density at radius 2 is 1.88 bits per heavy atom. The van der Waals surface area contributed by atoms with Gasteiger partial charge in [-0.3, -0.25) is 9.97 Å². The topological polar surface area (TPSA) is 47.5 Å². The zero-order valence-electron chi connectivity index (χ0n) is 19.1. The summed E-state index contributed by atoms with van der Waals surface area (Å²) >= 11 is 1.91. The van der Waals surface area contributed by atoms with Crippen LogP contribution in [0.1, 0.15) is 28.4 Å². The fourth-order valence-corrected chi connectivity index (χ4v) is 5.78. The summed E-state index contributed by atoms with van der Waals surface area (Å²) in [4.78, 5) is 12.8. The average molecular weight is 458 g/mol. The molecule has 1 aliphatic heterocycles. The molecule has 0 fully saturated rings. The Morgan fingerprint density at radius 1 is 1.00 bits per heavy atom. The molecule has 5 nitrogen and oxygen atoms in total. The smallest absolute Gasteiger partial charge is 0.121 e. The lowest BCUT2D eigenvalue weighted by Gasteiger charge is -2.25. The fourth-order valence-electron chi connectivity index (χ4n) is 4.47. The van der Waals surface area contributed by atoms with Crippen molar-refractivity contribution in [2.75, 3.05) is 25.7 Å². The highest BCUT2D eigenvalue weighted by Gasteiger charge is 2.25. The number of aryl methyl sites for hydroxylation is 1. The number of hydrogen-bond acceptors (Lipinski definition) is 6. The second-order valence-electron chi connectivity index (χ2n) is 8.22. The Bertz CT molecular complexity index is 1290. The molecule has 168 valence electrons. The molecule has 1 aliphatic rings. The maximum Gasteiger partial charge on any atom is 0.121 e. The molecule has 4 aromatic rings. The van der Waals surface area contributed by atoms with Gasteiger partial charge in [0.1, 0.15) is 11.5 Å². The van der Waals surface area contributed by atoms with Gasteiger partial charge in [-0.05, 0) is 60.4 Å². The minimum atomic E-state index is 0.345. The van der Waals surface area contributed by atoms with E-state index in [1.807, 2.05) is 23.9 Å². The molecule has 1 aromatic heterocycles.